The molecule has 0 unspecified atom stereocenters. The quantitative estimate of drug-likeness (QED) is 0.396. The van der Waals surface area contributed by atoms with Gasteiger partial charge >= 0.3 is 6.18 Å². The third kappa shape index (κ3) is 8.13. The van der Waals surface area contributed by atoms with E-state index < -0.39 is 56.9 Å². The molecule has 0 bridgehead atoms. The Hall–Kier alpha value is -2.21. The predicted octanol–water partition coefficient (Wildman–Crippen LogP) is 5.38. The van der Waals surface area contributed by atoms with Crippen LogP contribution in [0.15, 0.2) is 36.4 Å². The number of benzene rings is 2. The molecule has 2 aromatic carbocycles. The van der Waals surface area contributed by atoms with Crippen LogP contribution in [0.2, 0.25) is 15.1 Å². The van der Waals surface area contributed by atoms with Crippen molar-refractivity contribution in [3.8, 4) is 0 Å². The number of hydrogen-bond donors (Lipinski definition) is 1. The summed E-state index contributed by atoms with van der Waals surface area (Å²) in [6.07, 6.45) is -3.94. The van der Waals surface area contributed by atoms with Gasteiger partial charge in [0.15, 0.2) is 0 Å². The molecule has 0 aromatic heterocycles. The maximum absolute atomic E-state index is 13.5. The molecular weight excluding hydrogens is 578 g/mol. The Kier molecular flexibility index (Phi) is 10.5. The lowest BCUT2D eigenvalue weighted by molar-refractivity contribution is -0.140. The first-order chi connectivity index (χ1) is 17.1. The molecule has 1 atom stereocenters. The Morgan fingerprint density at radius 3 is 2.19 bits per heavy atom. The fourth-order valence-electron chi connectivity index (χ4n) is 3.54. The Balaban J connectivity index is 2.55. The Morgan fingerprint density at radius 2 is 1.68 bits per heavy atom. The van der Waals surface area contributed by atoms with Crippen LogP contribution in [0, 0.1) is 0 Å². The van der Waals surface area contributed by atoms with E-state index in [0.717, 1.165) is 23.3 Å². The molecule has 0 fully saturated rings. The normalized spacial score (nSPS) is 12.7. The van der Waals surface area contributed by atoms with Gasteiger partial charge in [0.05, 0.1) is 22.5 Å². The second kappa shape index (κ2) is 12.6. The van der Waals surface area contributed by atoms with Gasteiger partial charge in [-0.1, -0.05) is 47.8 Å². The summed E-state index contributed by atoms with van der Waals surface area (Å²) in [6.45, 7) is 2.57. The van der Waals surface area contributed by atoms with Crippen LogP contribution in [0.25, 0.3) is 0 Å². The molecule has 7 nitrogen and oxygen atoms in total. The van der Waals surface area contributed by atoms with Gasteiger partial charge < -0.3 is 10.2 Å². The van der Waals surface area contributed by atoms with Gasteiger partial charge in [0.2, 0.25) is 21.8 Å². The zero-order valence-electron chi connectivity index (χ0n) is 20.1. The first-order valence-corrected chi connectivity index (χ1v) is 13.9. The van der Waals surface area contributed by atoms with Gasteiger partial charge in [0, 0.05) is 23.1 Å². The minimum Gasteiger partial charge on any atom is -0.355 e. The molecule has 0 aliphatic carbocycles. The summed E-state index contributed by atoms with van der Waals surface area (Å²) in [7, 11) is -4.24. The van der Waals surface area contributed by atoms with Crippen LogP contribution in [0.1, 0.15) is 31.4 Å². The number of alkyl halides is 3. The second-order valence-corrected chi connectivity index (χ2v) is 11.2. The molecule has 204 valence electrons. The van der Waals surface area contributed by atoms with E-state index in [2.05, 4.69) is 5.32 Å². The smallest absolute Gasteiger partial charge is 0.355 e. The molecule has 37 heavy (non-hydrogen) atoms. The largest absolute Gasteiger partial charge is 0.417 e. The van der Waals surface area contributed by atoms with Crippen molar-refractivity contribution in [1.82, 2.24) is 10.2 Å². The summed E-state index contributed by atoms with van der Waals surface area (Å²) in [5, 5.41) is 2.55. The highest BCUT2D eigenvalue weighted by Gasteiger charge is 2.36. The van der Waals surface area contributed by atoms with Gasteiger partial charge in [-0.15, -0.1) is 0 Å². The van der Waals surface area contributed by atoms with Crippen molar-refractivity contribution in [1.29, 1.82) is 0 Å². The van der Waals surface area contributed by atoms with Crippen LogP contribution in [0.3, 0.4) is 0 Å². The van der Waals surface area contributed by atoms with Gasteiger partial charge in [0.1, 0.15) is 12.6 Å². The molecule has 14 heteroatoms. The predicted molar refractivity (Wildman–Crippen MR) is 138 cm³/mol. The number of halogens is 6. The zero-order chi connectivity index (χ0) is 28.1. The monoisotopic (exact) mass is 601 g/mol. The highest BCUT2D eigenvalue weighted by molar-refractivity contribution is 7.92. The fraction of sp³-hybridized carbons (Fsp3) is 0.391. The Bertz CT molecular complexity index is 1260. The molecule has 0 aliphatic rings. The third-order valence-electron chi connectivity index (χ3n) is 5.32. The van der Waals surface area contributed by atoms with E-state index in [4.69, 9.17) is 34.8 Å². The molecular formula is C23H25Cl3F3N3O4S. The summed E-state index contributed by atoms with van der Waals surface area (Å²) < 4.78 is 65.9. The van der Waals surface area contributed by atoms with E-state index >= 15 is 0 Å². The zero-order valence-corrected chi connectivity index (χ0v) is 23.2. The van der Waals surface area contributed by atoms with Crippen LogP contribution in [0.5, 0.6) is 0 Å². The van der Waals surface area contributed by atoms with E-state index in [1.165, 1.54) is 12.1 Å². The minimum absolute atomic E-state index is 0.167. The third-order valence-corrected chi connectivity index (χ3v) is 7.37. The molecule has 2 rings (SSSR count). The Morgan fingerprint density at radius 1 is 1.03 bits per heavy atom. The number of nitrogens with one attached hydrogen (secondary N) is 1. The van der Waals surface area contributed by atoms with Crippen molar-refractivity contribution in [3.05, 3.63) is 62.6 Å². The van der Waals surface area contributed by atoms with Crippen molar-refractivity contribution in [2.75, 3.05) is 23.7 Å². The first kappa shape index (κ1) is 31.0. The molecule has 2 amide bonds. The molecule has 0 spiro atoms. The van der Waals surface area contributed by atoms with E-state index in [0.29, 0.717) is 21.0 Å². The number of likely N-dealkylation sites (N-methyl/N-ethyl adjacent to an activating group) is 1. The number of carbonyl (C=O) groups is 2. The Labute approximate surface area is 228 Å². The van der Waals surface area contributed by atoms with E-state index in [1.807, 2.05) is 0 Å². The lowest BCUT2D eigenvalue weighted by Crippen LogP contribution is -2.52. The van der Waals surface area contributed by atoms with Crippen LogP contribution in [-0.4, -0.2) is 50.5 Å². The van der Waals surface area contributed by atoms with Crippen LogP contribution < -0.4 is 9.62 Å². The van der Waals surface area contributed by atoms with Crippen molar-refractivity contribution in [3.63, 3.8) is 0 Å². The lowest BCUT2D eigenvalue weighted by atomic mass is 10.1. The fourth-order valence-corrected chi connectivity index (χ4v) is 5.08. The topological polar surface area (TPSA) is 86.8 Å². The lowest BCUT2D eigenvalue weighted by Gasteiger charge is -2.33. The number of hydrogen-bond acceptors (Lipinski definition) is 4. The summed E-state index contributed by atoms with van der Waals surface area (Å²) in [4.78, 5) is 27.4. The molecule has 0 radical (unpaired) electrons. The average Bonchev–Trinajstić information content (AvgIpc) is 2.77. The molecule has 2 aromatic rings. The van der Waals surface area contributed by atoms with E-state index in [1.54, 1.807) is 19.9 Å². The summed E-state index contributed by atoms with van der Waals surface area (Å²) in [5.41, 5.74) is -1.24. The van der Waals surface area contributed by atoms with Gasteiger partial charge in [-0.3, -0.25) is 13.9 Å². The molecule has 0 saturated carbocycles. The first-order valence-electron chi connectivity index (χ1n) is 11.0. The van der Waals surface area contributed by atoms with Crippen molar-refractivity contribution in [2.45, 2.75) is 39.0 Å². The van der Waals surface area contributed by atoms with Gasteiger partial charge in [-0.25, -0.2) is 8.42 Å². The van der Waals surface area contributed by atoms with E-state index in [-0.39, 0.29) is 24.5 Å². The molecule has 0 aliphatic heterocycles. The highest BCUT2D eigenvalue weighted by atomic mass is 35.5. The minimum atomic E-state index is -4.86. The van der Waals surface area contributed by atoms with Crippen molar-refractivity contribution in [2.24, 2.45) is 0 Å². The number of rotatable bonds is 10. The molecule has 1 N–H and O–H groups in total. The maximum atomic E-state index is 13.5. The van der Waals surface area contributed by atoms with Crippen molar-refractivity contribution >= 4 is 62.3 Å². The number of anilines is 1. The van der Waals surface area contributed by atoms with Gasteiger partial charge in [-0.2, -0.15) is 13.2 Å². The number of amides is 2. The SMILES string of the molecule is CCNC(=O)[C@@H](CC)N(Cc1ccc(Cl)cc1Cl)C(=O)CN(c1ccc(Cl)c(C(F)(F)F)c1)S(C)(=O)=O. The van der Waals surface area contributed by atoms with Gasteiger partial charge in [0.25, 0.3) is 0 Å². The second-order valence-electron chi connectivity index (χ2n) is 8.01. The van der Waals surface area contributed by atoms with E-state index in [9.17, 15) is 31.2 Å². The highest BCUT2D eigenvalue weighted by Crippen LogP contribution is 2.37. The van der Waals surface area contributed by atoms with Crippen LogP contribution in [-0.2, 0) is 32.3 Å². The number of nitrogens with zero attached hydrogens (tertiary/aromatic N) is 2. The van der Waals surface area contributed by atoms with Crippen molar-refractivity contribution < 1.29 is 31.2 Å². The van der Waals surface area contributed by atoms with Crippen LogP contribution >= 0.6 is 34.8 Å². The summed E-state index contributed by atoms with van der Waals surface area (Å²) in [5.74, 6) is -1.32. The average molecular weight is 603 g/mol. The maximum Gasteiger partial charge on any atom is 0.417 e. The molecule has 0 saturated heterocycles. The van der Waals surface area contributed by atoms with Gasteiger partial charge in [-0.05, 0) is 49.2 Å². The standard InChI is InChI=1S/C23H25Cl3F3N3O4S/c1-4-20(22(34)30-5-2)31(12-14-6-7-15(24)10-19(14)26)21(33)13-32(37(3,35)36)16-8-9-18(25)17(11-16)23(27,28)29/h6-11,20H,4-5,12-13H2,1-3H3,(H,30,34)/t20-/m1/s1. The van der Waals surface area contributed by atoms with Crippen LogP contribution in [0.4, 0.5) is 18.9 Å². The number of carbonyl (C=O) groups excluding carboxylic acids is 2. The molecule has 0 heterocycles. The number of sulfonamides is 1. The summed E-state index contributed by atoms with van der Waals surface area (Å²) in [6, 6.07) is 6.04. The summed E-state index contributed by atoms with van der Waals surface area (Å²) >= 11 is 17.9.